The number of likely N-dealkylation sites (N-methyl/N-ethyl adjacent to an activating group) is 1. The summed E-state index contributed by atoms with van der Waals surface area (Å²) in [5.41, 5.74) is 8.38. The molecule has 1 amide bonds. The number of pyridine rings is 1. The van der Waals surface area contributed by atoms with E-state index in [-0.39, 0.29) is 5.91 Å². The lowest BCUT2D eigenvalue weighted by molar-refractivity contribution is 0.0663. The van der Waals surface area contributed by atoms with Crippen molar-refractivity contribution >= 4 is 11.6 Å². The van der Waals surface area contributed by atoms with Crippen LogP contribution in [0, 0.1) is 13.8 Å². The molecular formula is C27H28N4O. The van der Waals surface area contributed by atoms with Crippen LogP contribution in [0.4, 0.5) is 0 Å². The highest BCUT2D eigenvalue weighted by Crippen LogP contribution is 2.27. The molecule has 5 heteroatoms. The van der Waals surface area contributed by atoms with Crippen LogP contribution in [0.25, 0.3) is 28.0 Å². The summed E-state index contributed by atoms with van der Waals surface area (Å²) in [7, 11) is 2.10. The first-order valence-corrected chi connectivity index (χ1v) is 11.1. The average molecular weight is 425 g/mol. The van der Waals surface area contributed by atoms with Crippen molar-refractivity contribution in [2.24, 2.45) is 0 Å². The standard InChI is InChI=1S/C27H28N4O/c1-19-4-6-21(7-5-19)25-17-28-26-11-9-23(18-31(25)26)22-8-10-24(20(2)16-22)27(32)30-14-12-29(3)13-15-30/h4-11,16-18H,12-15H2,1-3H3. The van der Waals surface area contributed by atoms with Crippen molar-refractivity contribution in [3.63, 3.8) is 0 Å². The number of aryl methyl sites for hydroxylation is 2. The number of nitrogens with zero attached hydrogens (tertiary/aromatic N) is 4. The monoisotopic (exact) mass is 424 g/mol. The Labute approximate surface area is 188 Å². The van der Waals surface area contributed by atoms with Crippen molar-refractivity contribution in [2.75, 3.05) is 33.2 Å². The van der Waals surface area contributed by atoms with Crippen LogP contribution in [-0.2, 0) is 0 Å². The summed E-state index contributed by atoms with van der Waals surface area (Å²) in [5, 5.41) is 0. The van der Waals surface area contributed by atoms with E-state index in [0.29, 0.717) is 0 Å². The van der Waals surface area contributed by atoms with Gasteiger partial charge < -0.3 is 9.80 Å². The van der Waals surface area contributed by atoms with Gasteiger partial charge in [0.2, 0.25) is 0 Å². The number of fused-ring (bicyclic) bond motifs is 1. The Hall–Kier alpha value is -3.44. The molecule has 4 aromatic rings. The van der Waals surface area contributed by atoms with Gasteiger partial charge in [-0.25, -0.2) is 4.98 Å². The predicted octanol–water partition coefficient (Wildman–Crippen LogP) is 4.67. The van der Waals surface area contributed by atoms with E-state index in [2.05, 4.69) is 76.9 Å². The molecule has 0 unspecified atom stereocenters. The molecule has 5 nitrogen and oxygen atoms in total. The zero-order valence-electron chi connectivity index (χ0n) is 18.9. The summed E-state index contributed by atoms with van der Waals surface area (Å²) in [6.45, 7) is 7.55. The maximum Gasteiger partial charge on any atom is 0.254 e. The van der Waals surface area contributed by atoms with Crippen LogP contribution in [0.2, 0.25) is 0 Å². The van der Waals surface area contributed by atoms with Crippen LogP contribution in [-0.4, -0.2) is 58.3 Å². The Kier molecular flexibility index (Phi) is 5.27. The second-order valence-corrected chi connectivity index (χ2v) is 8.78. The summed E-state index contributed by atoms with van der Waals surface area (Å²) in [5.74, 6) is 0.133. The van der Waals surface area contributed by atoms with Gasteiger partial charge in [0.25, 0.3) is 5.91 Å². The molecule has 5 rings (SSSR count). The maximum atomic E-state index is 13.0. The maximum absolute atomic E-state index is 13.0. The molecule has 1 aliphatic rings. The van der Waals surface area contributed by atoms with Crippen molar-refractivity contribution in [2.45, 2.75) is 13.8 Å². The van der Waals surface area contributed by atoms with Gasteiger partial charge in [-0.15, -0.1) is 0 Å². The first-order chi connectivity index (χ1) is 15.5. The molecule has 1 saturated heterocycles. The number of carbonyl (C=O) groups is 1. The molecule has 1 fully saturated rings. The molecule has 162 valence electrons. The molecule has 0 atom stereocenters. The predicted molar refractivity (Wildman–Crippen MR) is 129 cm³/mol. The number of amides is 1. The molecule has 2 aromatic carbocycles. The van der Waals surface area contributed by atoms with E-state index in [4.69, 9.17) is 0 Å². The zero-order chi connectivity index (χ0) is 22.2. The lowest BCUT2D eigenvalue weighted by atomic mass is 10.00. The van der Waals surface area contributed by atoms with E-state index in [1.54, 1.807) is 0 Å². The van der Waals surface area contributed by atoms with Gasteiger partial charge in [-0.2, -0.15) is 0 Å². The van der Waals surface area contributed by atoms with Gasteiger partial charge in [-0.1, -0.05) is 42.0 Å². The van der Waals surface area contributed by atoms with Crippen LogP contribution in [0.5, 0.6) is 0 Å². The second-order valence-electron chi connectivity index (χ2n) is 8.78. The van der Waals surface area contributed by atoms with Crippen LogP contribution >= 0.6 is 0 Å². The molecule has 0 spiro atoms. The summed E-state index contributed by atoms with van der Waals surface area (Å²) >= 11 is 0. The van der Waals surface area contributed by atoms with E-state index in [9.17, 15) is 4.79 Å². The summed E-state index contributed by atoms with van der Waals surface area (Å²) in [6, 6.07) is 18.8. The summed E-state index contributed by atoms with van der Waals surface area (Å²) < 4.78 is 2.14. The second kappa shape index (κ2) is 8.24. The fourth-order valence-corrected chi connectivity index (χ4v) is 4.35. The molecule has 0 N–H and O–H groups in total. The van der Waals surface area contributed by atoms with Crippen molar-refractivity contribution in [3.05, 3.63) is 83.7 Å². The quantitative estimate of drug-likeness (QED) is 0.480. The highest BCUT2D eigenvalue weighted by Gasteiger charge is 2.21. The molecule has 0 saturated carbocycles. The molecule has 2 aromatic heterocycles. The summed E-state index contributed by atoms with van der Waals surface area (Å²) in [4.78, 5) is 21.8. The molecular weight excluding hydrogens is 396 g/mol. The number of aromatic nitrogens is 2. The lowest BCUT2D eigenvalue weighted by Gasteiger charge is -2.32. The van der Waals surface area contributed by atoms with E-state index < -0.39 is 0 Å². The number of hydrogen-bond donors (Lipinski definition) is 0. The van der Waals surface area contributed by atoms with Crippen LogP contribution < -0.4 is 0 Å². The van der Waals surface area contributed by atoms with Crippen LogP contribution in [0.3, 0.4) is 0 Å². The fourth-order valence-electron chi connectivity index (χ4n) is 4.35. The van der Waals surface area contributed by atoms with Gasteiger partial charge in [0.1, 0.15) is 5.65 Å². The van der Waals surface area contributed by atoms with Gasteiger partial charge in [0, 0.05) is 43.5 Å². The van der Waals surface area contributed by atoms with Gasteiger partial charge in [0.15, 0.2) is 0 Å². The van der Waals surface area contributed by atoms with Crippen molar-refractivity contribution in [1.29, 1.82) is 0 Å². The van der Waals surface area contributed by atoms with Crippen LogP contribution in [0.1, 0.15) is 21.5 Å². The first-order valence-electron chi connectivity index (χ1n) is 11.1. The SMILES string of the molecule is Cc1ccc(-c2cnc3ccc(-c4ccc(C(=O)N5CCN(C)CC5)c(C)c4)cn23)cc1. The van der Waals surface area contributed by atoms with Crippen molar-refractivity contribution in [1.82, 2.24) is 19.2 Å². The van der Waals surface area contributed by atoms with Gasteiger partial charge in [-0.05, 0) is 55.8 Å². The third-order valence-electron chi connectivity index (χ3n) is 6.43. The van der Waals surface area contributed by atoms with Crippen molar-refractivity contribution < 1.29 is 4.79 Å². The highest BCUT2D eigenvalue weighted by molar-refractivity contribution is 5.96. The Bertz CT molecular complexity index is 1280. The first kappa shape index (κ1) is 20.5. The minimum atomic E-state index is 0.133. The normalized spacial score (nSPS) is 14.8. The topological polar surface area (TPSA) is 40.9 Å². The third-order valence-corrected chi connectivity index (χ3v) is 6.43. The third kappa shape index (κ3) is 3.80. The summed E-state index contributed by atoms with van der Waals surface area (Å²) in [6.07, 6.45) is 4.06. The molecule has 0 bridgehead atoms. The Morgan fingerprint density at radius 2 is 1.53 bits per heavy atom. The Balaban J connectivity index is 1.46. The Morgan fingerprint density at radius 3 is 2.25 bits per heavy atom. The fraction of sp³-hybridized carbons (Fsp3) is 0.259. The molecule has 3 heterocycles. The largest absolute Gasteiger partial charge is 0.336 e. The highest BCUT2D eigenvalue weighted by atomic mass is 16.2. The minimum Gasteiger partial charge on any atom is -0.336 e. The molecule has 32 heavy (non-hydrogen) atoms. The number of hydrogen-bond acceptors (Lipinski definition) is 3. The van der Waals surface area contributed by atoms with E-state index in [0.717, 1.165) is 65.3 Å². The zero-order valence-corrected chi connectivity index (χ0v) is 18.9. The van der Waals surface area contributed by atoms with Gasteiger partial charge >= 0.3 is 0 Å². The minimum absolute atomic E-state index is 0.133. The van der Waals surface area contributed by atoms with E-state index in [1.165, 1.54) is 5.56 Å². The van der Waals surface area contributed by atoms with Crippen molar-refractivity contribution in [3.8, 4) is 22.4 Å². The number of piperazine rings is 1. The smallest absolute Gasteiger partial charge is 0.254 e. The molecule has 1 aliphatic heterocycles. The molecule has 0 aliphatic carbocycles. The van der Waals surface area contributed by atoms with E-state index >= 15 is 0 Å². The number of rotatable bonds is 3. The number of carbonyl (C=O) groups excluding carboxylic acids is 1. The van der Waals surface area contributed by atoms with Crippen LogP contribution in [0.15, 0.2) is 67.0 Å². The van der Waals surface area contributed by atoms with E-state index in [1.807, 2.05) is 30.2 Å². The van der Waals surface area contributed by atoms with Gasteiger partial charge in [-0.3, -0.25) is 9.20 Å². The Morgan fingerprint density at radius 1 is 0.844 bits per heavy atom. The number of benzene rings is 2. The molecule has 0 radical (unpaired) electrons. The average Bonchev–Trinajstić information content (AvgIpc) is 3.23. The number of imidazole rings is 1. The lowest BCUT2D eigenvalue weighted by Crippen LogP contribution is -2.47. The van der Waals surface area contributed by atoms with Gasteiger partial charge in [0.05, 0.1) is 11.9 Å².